The van der Waals surface area contributed by atoms with Crippen molar-refractivity contribution in [2.75, 3.05) is 21.3 Å². The van der Waals surface area contributed by atoms with E-state index in [1.165, 1.54) is 26.5 Å². The van der Waals surface area contributed by atoms with Crippen LogP contribution in [-0.4, -0.2) is 26.4 Å². The number of hydrogen-bond acceptors (Lipinski definition) is 6. The Bertz CT molecular complexity index is 940. The van der Waals surface area contributed by atoms with E-state index >= 15 is 0 Å². The number of benzene rings is 2. The van der Waals surface area contributed by atoms with Gasteiger partial charge in [0.25, 0.3) is 0 Å². The van der Waals surface area contributed by atoms with Crippen LogP contribution in [0.2, 0.25) is 0 Å². The van der Waals surface area contributed by atoms with Crippen molar-refractivity contribution < 1.29 is 23.7 Å². The minimum absolute atomic E-state index is 0.0217. The normalized spacial score (nSPS) is 10.6. The Morgan fingerprint density at radius 1 is 1.00 bits per heavy atom. The first-order valence-corrected chi connectivity index (χ1v) is 7.14. The van der Waals surface area contributed by atoms with E-state index in [4.69, 9.17) is 18.6 Å². The molecular formula is C18H16O6. The van der Waals surface area contributed by atoms with Crippen molar-refractivity contribution >= 4 is 11.0 Å². The second-order valence-corrected chi connectivity index (χ2v) is 5.04. The van der Waals surface area contributed by atoms with Crippen LogP contribution >= 0.6 is 0 Å². The number of rotatable bonds is 4. The molecule has 0 fully saturated rings. The molecule has 0 saturated heterocycles. The molecule has 24 heavy (non-hydrogen) atoms. The third-order valence-corrected chi connectivity index (χ3v) is 3.78. The van der Waals surface area contributed by atoms with Gasteiger partial charge in [0.05, 0.1) is 26.9 Å². The molecule has 0 unspecified atom stereocenters. The first-order valence-electron chi connectivity index (χ1n) is 7.14. The summed E-state index contributed by atoms with van der Waals surface area (Å²) < 4.78 is 21.0. The molecule has 2 aromatic carbocycles. The van der Waals surface area contributed by atoms with E-state index in [2.05, 4.69) is 0 Å². The van der Waals surface area contributed by atoms with Gasteiger partial charge in [-0.1, -0.05) is 12.1 Å². The second kappa shape index (κ2) is 6.16. The molecule has 0 aliphatic carbocycles. The molecule has 1 aromatic heterocycles. The van der Waals surface area contributed by atoms with E-state index < -0.39 is 0 Å². The van der Waals surface area contributed by atoms with Gasteiger partial charge in [-0.2, -0.15) is 0 Å². The quantitative estimate of drug-likeness (QED) is 0.792. The summed E-state index contributed by atoms with van der Waals surface area (Å²) in [5.41, 5.74) is 0.983. The van der Waals surface area contributed by atoms with Crippen molar-refractivity contribution in [1.29, 1.82) is 0 Å². The molecule has 0 radical (unpaired) electrons. The Balaban J connectivity index is 2.29. The third-order valence-electron chi connectivity index (χ3n) is 3.78. The first kappa shape index (κ1) is 15.7. The van der Waals surface area contributed by atoms with Crippen LogP contribution in [0.15, 0.2) is 45.8 Å². The zero-order valence-corrected chi connectivity index (χ0v) is 13.5. The summed E-state index contributed by atoms with van der Waals surface area (Å²) in [5.74, 6) is 0.628. The Labute approximate surface area is 137 Å². The summed E-state index contributed by atoms with van der Waals surface area (Å²) >= 11 is 0. The van der Waals surface area contributed by atoms with Crippen LogP contribution in [0, 0.1) is 0 Å². The van der Waals surface area contributed by atoms with Crippen LogP contribution in [0.4, 0.5) is 0 Å². The average Bonchev–Trinajstić information content (AvgIpc) is 2.62. The Kier molecular flexibility index (Phi) is 4.04. The van der Waals surface area contributed by atoms with Gasteiger partial charge in [0.15, 0.2) is 11.5 Å². The topological polar surface area (TPSA) is 78.1 Å². The van der Waals surface area contributed by atoms with Gasteiger partial charge in [0.2, 0.25) is 11.2 Å². The molecule has 6 heteroatoms. The lowest BCUT2D eigenvalue weighted by molar-refractivity contribution is 0.342. The summed E-state index contributed by atoms with van der Waals surface area (Å²) in [7, 11) is 4.35. The molecule has 3 rings (SSSR count). The van der Waals surface area contributed by atoms with Crippen molar-refractivity contribution in [1.82, 2.24) is 0 Å². The Morgan fingerprint density at radius 3 is 2.29 bits per heavy atom. The zero-order valence-electron chi connectivity index (χ0n) is 13.5. The fourth-order valence-electron chi connectivity index (χ4n) is 2.54. The summed E-state index contributed by atoms with van der Waals surface area (Å²) in [4.78, 5) is 12.9. The third kappa shape index (κ3) is 2.42. The van der Waals surface area contributed by atoms with E-state index in [9.17, 15) is 9.90 Å². The van der Waals surface area contributed by atoms with Crippen molar-refractivity contribution in [2.45, 2.75) is 0 Å². The maximum absolute atomic E-state index is 12.9. The number of phenols is 1. The number of methoxy groups -OCH3 is 3. The molecule has 0 bridgehead atoms. The van der Waals surface area contributed by atoms with Crippen molar-refractivity contribution in [2.24, 2.45) is 0 Å². The minimum atomic E-state index is -0.309. The predicted molar refractivity (Wildman–Crippen MR) is 89.2 cm³/mol. The molecule has 0 spiro atoms. The monoisotopic (exact) mass is 328 g/mol. The smallest absolute Gasteiger partial charge is 0.204 e. The summed E-state index contributed by atoms with van der Waals surface area (Å²) in [6.45, 7) is 0. The molecule has 0 atom stereocenters. The molecule has 0 aliphatic heterocycles. The van der Waals surface area contributed by atoms with Crippen LogP contribution in [0.5, 0.6) is 23.0 Å². The van der Waals surface area contributed by atoms with E-state index in [1.807, 2.05) is 0 Å². The predicted octanol–water partition coefficient (Wildman–Crippen LogP) is 3.19. The Morgan fingerprint density at radius 2 is 1.71 bits per heavy atom. The fourth-order valence-corrected chi connectivity index (χ4v) is 2.54. The minimum Gasteiger partial charge on any atom is -0.502 e. The lowest BCUT2D eigenvalue weighted by Crippen LogP contribution is -2.07. The summed E-state index contributed by atoms with van der Waals surface area (Å²) in [6, 6.07) is 8.47. The average molecular weight is 328 g/mol. The van der Waals surface area contributed by atoms with E-state index in [0.717, 1.165) is 0 Å². The van der Waals surface area contributed by atoms with Gasteiger partial charge in [0.1, 0.15) is 23.0 Å². The van der Waals surface area contributed by atoms with Crippen LogP contribution in [0.1, 0.15) is 0 Å². The zero-order chi connectivity index (χ0) is 17.3. The van der Waals surface area contributed by atoms with Gasteiger partial charge in [0, 0.05) is 6.07 Å². The summed E-state index contributed by atoms with van der Waals surface area (Å²) in [6.07, 6.45) is 1.38. The molecular weight excluding hydrogens is 312 g/mol. The second-order valence-electron chi connectivity index (χ2n) is 5.04. The van der Waals surface area contributed by atoms with E-state index in [1.54, 1.807) is 31.4 Å². The maximum Gasteiger partial charge on any atom is 0.204 e. The van der Waals surface area contributed by atoms with Crippen LogP contribution in [0.25, 0.3) is 22.1 Å². The molecule has 1 heterocycles. The van der Waals surface area contributed by atoms with Gasteiger partial charge in [-0.3, -0.25) is 4.79 Å². The van der Waals surface area contributed by atoms with E-state index in [-0.39, 0.29) is 33.6 Å². The standard InChI is InChI=1S/C18H16O6/c1-21-11-6-4-10(5-7-11)12-9-24-13-8-14(22-2)17(20)18(23-3)15(13)16(12)19/h4-9,20H,1-3H3. The molecule has 6 nitrogen and oxygen atoms in total. The Hall–Kier alpha value is -3.15. The lowest BCUT2D eigenvalue weighted by atomic mass is 10.0. The largest absolute Gasteiger partial charge is 0.502 e. The highest BCUT2D eigenvalue weighted by molar-refractivity contribution is 5.91. The fraction of sp³-hybridized carbons (Fsp3) is 0.167. The van der Waals surface area contributed by atoms with Gasteiger partial charge in [-0.05, 0) is 17.7 Å². The number of hydrogen-bond donors (Lipinski definition) is 1. The van der Waals surface area contributed by atoms with Crippen LogP contribution in [0.3, 0.4) is 0 Å². The lowest BCUT2D eigenvalue weighted by Gasteiger charge is -2.11. The molecule has 3 aromatic rings. The molecule has 0 saturated carbocycles. The molecule has 0 amide bonds. The summed E-state index contributed by atoms with van der Waals surface area (Å²) in [5, 5.41) is 10.4. The SMILES string of the molecule is COc1ccc(-c2coc3cc(OC)c(O)c(OC)c3c2=O)cc1. The number of fused-ring (bicyclic) bond motifs is 1. The highest BCUT2D eigenvalue weighted by atomic mass is 16.5. The number of phenolic OH excluding ortho intramolecular Hbond substituents is 1. The van der Waals surface area contributed by atoms with E-state index in [0.29, 0.717) is 16.9 Å². The number of aromatic hydroxyl groups is 1. The molecule has 0 aliphatic rings. The first-order chi connectivity index (χ1) is 11.6. The van der Waals surface area contributed by atoms with Gasteiger partial charge >= 0.3 is 0 Å². The molecule has 124 valence electrons. The van der Waals surface area contributed by atoms with Gasteiger partial charge < -0.3 is 23.7 Å². The van der Waals surface area contributed by atoms with Crippen LogP contribution < -0.4 is 19.6 Å². The molecule has 1 N–H and O–H groups in total. The van der Waals surface area contributed by atoms with Crippen molar-refractivity contribution in [3.05, 3.63) is 46.8 Å². The van der Waals surface area contributed by atoms with Crippen molar-refractivity contribution in [3.63, 3.8) is 0 Å². The highest BCUT2D eigenvalue weighted by Gasteiger charge is 2.20. The number of ether oxygens (including phenoxy) is 3. The van der Waals surface area contributed by atoms with Gasteiger partial charge in [-0.25, -0.2) is 0 Å². The van der Waals surface area contributed by atoms with Gasteiger partial charge in [-0.15, -0.1) is 0 Å². The van der Waals surface area contributed by atoms with Crippen molar-refractivity contribution in [3.8, 4) is 34.1 Å². The van der Waals surface area contributed by atoms with Crippen LogP contribution in [-0.2, 0) is 0 Å². The highest BCUT2D eigenvalue weighted by Crippen LogP contribution is 2.41. The maximum atomic E-state index is 12.9.